The van der Waals surface area contributed by atoms with Crippen LogP contribution < -0.4 is 0 Å². The first-order valence-corrected chi connectivity index (χ1v) is 25.4. The highest BCUT2D eigenvalue weighted by Crippen LogP contribution is 2.63. The molecule has 0 bridgehead atoms. The first-order chi connectivity index (χ1) is 36.2. The van der Waals surface area contributed by atoms with Crippen LogP contribution >= 0.6 is 0 Å². The lowest BCUT2D eigenvalue weighted by atomic mass is 9.70. The third-order valence-electron chi connectivity index (χ3n) is 16.0. The maximum Gasteiger partial charge on any atom is 0.240 e. The summed E-state index contributed by atoms with van der Waals surface area (Å²) >= 11 is 0. The Bertz CT molecular complexity index is 4540. The number of nitrogens with zero attached hydrogens (tertiary/aromatic N) is 6. The van der Waals surface area contributed by atoms with E-state index in [0.717, 1.165) is 56.9 Å². The molecule has 0 saturated heterocycles. The van der Waals surface area contributed by atoms with Crippen molar-refractivity contribution in [3.63, 3.8) is 0 Å². The molecule has 0 fully saturated rings. The van der Waals surface area contributed by atoms with Crippen LogP contribution in [0.5, 0.6) is 0 Å². The highest BCUT2D eigenvalue weighted by Gasteiger charge is 2.52. The van der Waals surface area contributed by atoms with Crippen molar-refractivity contribution in [2.75, 3.05) is 0 Å². The summed E-state index contributed by atoms with van der Waals surface area (Å²) in [6.45, 7) is 2.24. The highest BCUT2D eigenvalue weighted by atomic mass is 15.3. The molecule has 10 aromatic carbocycles. The van der Waals surface area contributed by atoms with E-state index in [2.05, 4.69) is 245 Å². The van der Waals surface area contributed by atoms with Crippen LogP contribution in [0, 0.1) is 0 Å². The van der Waals surface area contributed by atoms with Crippen molar-refractivity contribution in [3.05, 3.63) is 252 Å². The van der Waals surface area contributed by atoms with Crippen molar-refractivity contribution >= 4 is 65.4 Å². The van der Waals surface area contributed by atoms with Crippen LogP contribution in [-0.2, 0) is 11.8 Å². The maximum atomic E-state index is 5.58. The van der Waals surface area contributed by atoms with Crippen molar-refractivity contribution in [2.24, 2.45) is 0 Å². The Morgan fingerprint density at radius 2 is 0.767 bits per heavy atom. The van der Waals surface area contributed by atoms with Crippen LogP contribution in [-0.4, -0.2) is 28.7 Å². The van der Waals surface area contributed by atoms with Gasteiger partial charge in [0.1, 0.15) is 0 Å². The quantitative estimate of drug-likeness (QED) is 0.167. The van der Waals surface area contributed by atoms with E-state index in [1.165, 1.54) is 82.6 Å². The molecular weight excluding hydrogens is 889 g/mol. The van der Waals surface area contributed by atoms with E-state index in [4.69, 9.17) is 15.0 Å². The zero-order valence-electron chi connectivity index (χ0n) is 40.0. The summed E-state index contributed by atoms with van der Waals surface area (Å²) in [4.78, 5) is 16.7. The minimum Gasteiger partial charge on any atom is -0.309 e. The molecule has 1 spiro atoms. The summed E-state index contributed by atoms with van der Waals surface area (Å²) in [5, 5.41) is 7.16. The van der Waals surface area contributed by atoms with Crippen LogP contribution in [0.2, 0.25) is 0 Å². The fourth-order valence-corrected chi connectivity index (χ4v) is 13.1. The topological polar surface area (TPSA) is 53.5 Å². The van der Waals surface area contributed by atoms with Crippen molar-refractivity contribution in [1.82, 2.24) is 28.7 Å². The van der Waals surface area contributed by atoms with Crippen LogP contribution in [0.25, 0.3) is 117 Å². The monoisotopic (exact) mass is 932 g/mol. The molecule has 0 aliphatic heterocycles. The average Bonchev–Trinajstić information content (AvgIpc) is 4.29. The van der Waals surface area contributed by atoms with Crippen molar-refractivity contribution in [1.29, 1.82) is 0 Å². The molecule has 14 aromatic rings. The fraction of sp³-hybridized carbons (Fsp3) is 0.0597. The number of fused-ring (bicyclic) bond motifs is 19. The molecule has 6 heteroatoms. The molecule has 2 aliphatic rings. The first kappa shape index (κ1) is 40.4. The molecule has 1 atom stereocenters. The lowest BCUT2D eigenvalue weighted by molar-refractivity contribution is 0.792. The van der Waals surface area contributed by atoms with Gasteiger partial charge in [-0.25, -0.2) is 0 Å². The number of aryl methyl sites for hydroxylation is 1. The lowest BCUT2D eigenvalue weighted by Gasteiger charge is -2.31. The van der Waals surface area contributed by atoms with E-state index in [0.29, 0.717) is 17.7 Å². The third kappa shape index (κ3) is 5.44. The largest absolute Gasteiger partial charge is 0.309 e. The molecule has 6 nitrogen and oxygen atoms in total. The number of para-hydroxylation sites is 5. The SMILES string of the molecule is CCCc1ccc2c(c1)c1ccccc1n2-c1nc(-c2ccc3c(c2)C2(c4ccccc4-3)c3ccccc3-c3ccc(-n4c5ccccc5c5ccccc54)cc32)nc(-n2c3ccccc3c3ccccc32)n1. The van der Waals surface area contributed by atoms with E-state index in [9.17, 15) is 0 Å². The molecular formula is C67H44N6. The van der Waals surface area contributed by atoms with Gasteiger partial charge in [0, 0.05) is 43.6 Å². The molecule has 342 valence electrons. The molecule has 2 aliphatic carbocycles. The fourth-order valence-electron chi connectivity index (χ4n) is 13.1. The number of rotatable bonds is 6. The van der Waals surface area contributed by atoms with Gasteiger partial charge in [-0.15, -0.1) is 0 Å². The molecule has 0 radical (unpaired) electrons. The minimum absolute atomic E-state index is 0.566. The second-order valence-electron chi connectivity index (χ2n) is 19.8. The van der Waals surface area contributed by atoms with Gasteiger partial charge in [-0.05, 0) is 117 Å². The molecule has 73 heavy (non-hydrogen) atoms. The minimum atomic E-state index is -0.628. The van der Waals surface area contributed by atoms with Crippen LogP contribution in [0.4, 0.5) is 0 Å². The summed E-state index contributed by atoms with van der Waals surface area (Å²) in [5.74, 6) is 1.74. The van der Waals surface area contributed by atoms with E-state index in [1.807, 2.05) is 0 Å². The molecule has 0 N–H and O–H groups in total. The van der Waals surface area contributed by atoms with E-state index >= 15 is 0 Å². The molecule has 16 rings (SSSR count). The Kier molecular flexibility index (Phi) is 8.33. The summed E-state index contributed by atoms with van der Waals surface area (Å²) in [6, 6.07) is 82.4. The third-order valence-corrected chi connectivity index (χ3v) is 16.0. The van der Waals surface area contributed by atoms with E-state index in [-0.39, 0.29) is 0 Å². The van der Waals surface area contributed by atoms with E-state index in [1.54, 1.807) is 0 Å². The molecule has 4 heterocycles. The molecule has 0 amide bonds. The summed E-state index contributed by atoms with van der Waals surface area (Å²) < 4.78 is 6.91. The number of hydrogen-bond acceptors (Lipinski definition) is 3. The predicted octanol–water partition coefficient (Wildman–Crippen LogP) is 16.1. The Labute approximate surface area is 420 Å². The Hall–Kier alpha value is -9.39. The van der Waals surface area contributed by atoms with Crippen molar-refractivity contribution in [3.8, 4) is 51.2 Å². The Morgan fingerprint density at radius 1 is 0.342 bits per heavy atom. The van der Waals surface area contributed by atoms with Crippen LogP contribution in [0.1, 0.15) is 41.2 Å². The van der Waals surface area contributed by atoms with Gasteiger partial charge >= 0.3 is 0 Å². The van der Waals surface area contributed by atoms with Gasteiger partial charge in [-0.3, -0.25) is 9.13 Å². The van der Waals surface area contributed by atoms with Gasteiger partial charge in [0.05, 0.1) is 38.5 Å². The predicted molar refractivity (Wildman–Crippen MR) is 299 cm³/mol. The molecule has 4 aromatic heterocycles. The standard InChI is InChI=1S/C67H44N6/c1-2-17-41-32-37-63-53(38-41)52-24-9-16-31-62(52)73(63)66-69-64(68-65(70-66)72-60-29-14-7-22-50(60)51-23-8-15-30-61(51)72)42-33-35-46-44-18-3-10-25-54(44)67(56(46)39-42)55-26-11-4-19-45(55)47-36-34-43(40-57(47)67)71-58-27-12-5-20-48(58)49-21-6-13-28-59(49)71/h3-16,18-40H,2,17H2,1H3. The van der Waals surface area contributed by atoms with Gasteiger partial charge in [-0.1, -0.05) is 177 Å². The second kappa shape index (κ2) is 15.1. The van der Waals surface area contributed by atoms with Gasteiger partial charge in [0.15, 0.2) is 5.82 Å². The zero-order valence-corrected chi connectivity index (χ0v) is 40.0. The summed E-state index contributed by atoms with van der Waals surface area (Å²) in [7, 11) is 0. The summed E-state index contributed by atoms with van der Waals surface area (Å²) in [6.07, 6.45) is 2.10. The number of benzene rings is 10. The highest BCUT2D eigenvalue weighted by molar-refractivity contribution is 6.11. The number of aromatic nitrogens is 6. The van der Waals surface area contributed by atoms with Gasteiger partial charge in [-0.2, -0.15) is 15.0 Å². The normalized spacial score (nSPS) is 14.5. The number of hydrogen-bond donors (Lipinski definition) is 0. The molecule has 1 unspecified atom stereocenters. The smallest absolute Gasteiger partial charge is 0.240 e. The van der Waals surface area contributed by atoms with Gasteiger partial charge < -0.3 is 4.57 Å². The summed E-state index contributed by atoms with van der Waals surface area (Å²) in [5.41, 5.74) is 19.3. The van der Waals surface area contributed by atoms with Crippen molar-refractivity contribution < 1.29 is 0 Å². The second-order valence-corrected chi connectivity index (χ2v) is 19.8. The Balaban J connectivity index is 0.978. The lowest BCUT2D eigenvalue weighted by Crippen LogP contribution is -2.26. The molecule has 0 saturated carbocycles. The maximum absolute atomic E-state index is 5.58. The first-order valence-electron chi connectivity index (χ1n) is 25.4. The van der Waals surface area contributed by atoms with Crippen LogP contribution in [0.3, 0.4) is 0 Å². The van der Waals surface area contributed by atoms with Gasteiger partial charge in [0.25, 0.3) is 0 Å². The van der Waals surface area contributed by atoms with Gasteiger partial charge in [0.2, 0.25) is 11.9 Å². The zero-order chi connectivity index (χ0) is 47.9. The van der Waals surface area contributed by atoms with Crippen LogP contribution in [0.15, 0.2) is 224 Å². The van der Waals surface area contributed by atoms with Crippen molar-refractivity contribution in [2.45, 2.75) is 25.2 Å². The average molecular weight is 933 g/mol. The Morgan fingerprint density at radius 3 is 1.30 bits per heavy atom. The van der Waals surface area contributed by atoms with E-state index < -0.39 is 5.41 Å².